The van der Waals surface area contributed by atoms with Crippen LogP contribution in [0, 0.1) is 20.8 Å². The lowest BCUT2D eigenvalue weighted by atomic mass is 9.96. The summed E-state index contributed by atoms with van der Waals surface area (Å²) in [5, 5.41) is 0. The number of benzene rings is 1. The molecule has 2 nitrogen and oxygen atoms in total. The molecule has 0 spiro atoms. The Morgan fingerprint density at radius 3 is 2.47 bits per heavy atom. The zero-order valence-corrected chi connectivity index (χ0v) is 13.1. The molecule has 0 saturated carbocycles. The summed E-state index contributed by atoms with van der Waals surface area (Å²) < 4.78 is 0. The van der Waals surface area contributed by atoms with E-state index in [2.05, 4.69) is 31.0 Å². The highest BCUT2D eigenvalue weighted by molar-refractivity contribution is 7.99. The Hall–Kier alpha value is -0.800. The van der Waals surface area contributed by atoms with Gasteiger partial charge in [-0.1, -0.05) is 17.7 Å². The van der Waals surface area contributed by atoms with Gasteiger partial charge in [0, 0.05) is 17.4 Å². The van der Waals surface area contributed by atoms with E-state index in [1.807, 2.05) is 25.6 Å². The molecule has 3 heteroatoms. The smallest absolute Gasteiger partial charge is 0.177 e. The maximum atomic E-state index is 12.5. The number of Topliss-reactive ketones (excluding diaryl/α,β-unsaturated/α-hetero) is 1. The molecule has 0 bridgehead atoms. The third kappa shape index (κ3) is 3.40. The van der Waals surface area contributed by atoms with Crippen molar-refractivity contribution >= 4 is 17.5 Å². The molecule has 104 valence electrons. The van der Waals surface area contributed by atoms with Gasteiger partial charge in [-0.3, -0.25) is 9.69 Å². The molecule has 0 amide bonds. The van der Waals surface area contributed by atoms with Gasteiger partial charge in [-0.05, 0) is 51.1 Å². The van der Waals surface area contributed by atoms with Crippen molar-refractivity contribution in [2.45, 2.75) is 33.2 Å². The van der Waals surface area contributed by atoms with E-state index in [0.29, 0.717) is 12.6 Å². The highest BCUT2D eigenvalue weighted by Crippen LogP contribution is 2.22. The average Bonchev–Trinajstić information content (AvgIpc) is 2.80. The SMILES string of the molecule is Cc1cc(C)c(C(=O)CN(C)C2CCSC2)c(C)c1. The van der Waals surface area contributed by atoms with Crippen LogP contribution in [0.1, 0.15) is 33.5 Å². The molecule has 1 heterocycles. The number of thioether (sulfide) groups is 1. The van der Waals surface area contributed by atoms with Crippen LogP contribution in [-0.4, -0.2) is 41.8 Å². The number of likely N-dealkylation sites (N-methyl/N-ethyl adjacent to an activating group) is 1. The van der Waals surface area contributed by atoms with Gasteiger partial charge in [0.15, 0.2) is 5.78 Å². The van der Waals surface area contributed by atoms with Crippen molar-refractivity contribution in [3.63, 3.8) is 0 Å². The Kier molecular flexibility index (Phi) is 4.69. The first-order valence-corrected chi connectivity index (χ1v) is 8.03. The molecule has 0 radical (unpaired) electrons. The van der Waals surface area contributed by atoms with Gasteiger partial charge in [0.05, 0.1) is 6.54 Å². The van der Waals surface area contributed by atoms with Crippen LogP contribution in [0.5, 0.6) is 0 Å². The lowest BCUT2D eigenvalue weighted by Gasteiger charge is -2.23. The van der Waals surface area contributed by atoms with Crippen LogP contribution in [0.15, 0.2) is 12.1 Å². The van der Waals surface area contributed by atoms with Crippen molar-refractivity contribution in [3.05, 3.63) is 34.4 Å². The molecule has 0 N–H and O–H groups in total. The van der Waals surface area contributed by atoms with Crippen molar-refractivity contribution < 1.29 is 4.79 Å². The number of aryl methyl sites for hydroxylation is 3. The third-order valence-corrected chi connectivity index (χ3v) is 5.02. The number of rotatable bonds is 4. The highest BCUT2D eigenvalue weighted by atomic mass is 32.2. The first-order valence-electron chi connectivity index (χ1n) is 6.88. The minimum Gasteiger partial charge on any atom is -0.295 e. The second-order valence-corrected chi connectivity index (χ2v) is 6.78. The summed E-state index contributed by atoms with van der Waals surface area (Å²) in [6.07, 6.45) is 1.21. The lowest BCUT2D eigenvalue weighted by Crippen LogP contribution is -2.36. The van der Waals surface area contributed by atoms with E-state index < -0.39 is 0 Å². The largest absolute Gasteiger partial charge is 0.295 e. The monoisotopic (exact) mass is 277 g/mol. The number of nitrogens with zero attached hydrogens (tertiary/aromatic N) is 1. The van der Waals surface area contributed by atoms with E-state index in [-0.39, 0.29) is 5.78 Å². The van der Waals surface area contributed by atoms with Crippen LogP contribution >= 0.6 is 11.8 Å². The minimum absolute atomic E-state index is 0.259. The van der Waals surface area contributed by atoms with Crippen LogP contribution in [-0.2, 0) is 0 Å². The summed E-state index contributed by atoms with van der Waals surface area (Å²) in [6.45, 7) is 6.70. The molecule has 0 aromatic heterocycles. The van der Waals surface area contributed by atoms with Crippen molar-refractivity contribution in [3.8, 4) is 0 Å². The highest BCUT2D eigenvalue weighted by Gasteiger charge is 2.23. The van der Waals surface area contributed by atoms with E-state index in [4.69, 9.17) is 0 Å². The zero-order chi connectivity index (χ0) is 14.0. The molecule has 0 aliphatic carbocycles. The Bertz CT molecular complexity index is 455. The summed E-state index contributed by atoms with van der Waals surface area (Å²) in [7, 11) is 2.08. The molecule has 2 rings (SSSR count). The predicted octanol–water partition coefficient (Wildman–Crippen LogP) is 3.23. The quantitative estimate of drug-likeness (QED) is 0.788. The van der Waals surface area contributed by atoms with Gasteiger partial charge < -0.3 is 0 Å². The fourth-order valence-electron chi connectivity index (χ4n) is 2.92. The fraction of sp³-hybridized carbons (Fsp3) is 0.562. The molecule has 1 aliphatic rings. The van der Waals surface area contributed by atoms with Gasteiger partial charge in [0.1, 0.15) is 0 Å². The number of hydrogen-bond donors (Lipinski definition) is 0. The average molecular weight is 277 g/mol. The molecule has 1 unspecified atom stereocenters. The summed E-state index contributed by atoms with van der Waals surface area (Å²) in [4.78, 5) is 14.7. The van der Waals surface area contributed by atoms with Gasteiger partial charge in [-0.15, -0.1) is 0 Å². The maximum Gasteiger partial charge on any atom is 0.177 e. The zero-order valence-electron chi connectivity index (χ0n) is 12.3. The summed E-state index contributed by atoms with van der Waals surface area (Å²) in [5.41, 5.74) is 4.36. The molecule has 1 aliphatic heterocycles. The van der Waals surface area contributed by atoms with Crippen molar-refractivity contribution in [1.29, 1.82) is 0 Å². The number of hydrogen-bond acceptors (Lipinski definition) is 3. The van der Waals surface area contributed by atoms with Gasteiger partial charge in [-0.2, -0.15) is 11.8 Å². The van der Waals surface area contributed by atoms with E-state index in [1.54, 1.807) is 0 Å². The first kappa shape index (κ1) is 14.6. The van der Waals surface area contributed by atoms with Gasteiger partial charge in [0.2, 0.25) is 0 Å². The van der Waals surface area contributed by atoms with Gasteiger partial charge >= 0.3 is 0 Å². The van der Waals surface area contributed by atoms with Crippen molar-refractivity contribution in [2.24, 2.45) is 0 Å². The molecular weight excluding hydrogens is 254 g/mol. The summed E-state index contributed by atoms with van der Waals surface area (Å²) in [6, 6.07) is 4.78. The van der Waals surface area contributed by atoms with Crippen LogP contribution in [0.4, 0.5) is 0 Å². The standard InChI is InChI=1S/C16H23NOS/c1-11-7-12(2)16(13(3)8-11)15(18)9-17(4)14-5-6-19-10-14/h7-8,14H,5-6,9-10H2,1-4H3. The van der Waals surface area contributed by atoms with Gasteiger partial charge in [0.25, 0.3) is 0 Å². The number of carbonyl (C=O) groups excluding carboxylic acids is 1. The molecule has 19 heavy (non-hydrogen) atoms. The molecule has 1 fully saturated rings. The third-order valence-electron chi connectivity index (χ3n) is 3.88. The molecule has 1 saturated heterocycles. The molecular formula is C16H23NOS. The van der Waals surface area contributed by atoms with Crippen LogP contribution < -0.4 is 0 Å². The second-order valence-electron chi connectivity index (χ2n) is 5.63. The number of carbonyl (C=O) groups is 1. The van der Waals surface area contributed by atoms with Gasteiger partial charge in [-0.25, -0.2) is 0 Å². The number of ketones is 1. The maximum absolute atomic E-state index is 12.5. The summed E-state index contributed by atoms with van der Waals surface area (Å²) in [5.74, 6) is 2.65. The Labute approximate surface area is 120 Å². The van der Waals surface area contributed by atoms with Crippen LogP contribution in [0.25, 0.3) is 0 Å². The van der Waals surface area contributed by atoms with E-state index in [0.717, 1.165) is 22.4 Å². The fourth-order valence-corrected chi connectivity index (χ4v) is 4.22. The first-order chi connectivity index (χ1) is 8.99. The van der Waals surface area contributed by atoms with E-state index in [1.165, 1.54) is 17.7 Å². The molecule has 1 aromatic rings. The van der Waals surface area contributed by atoms with E-state index in [9.17, 15) is 4.79 Å². The second kappa shape index (κ2) is 6.10. The predicted molar refractivity (Wildman–Crippen MR) is 83.3 cm³/mol. The van der Waals surface area contributed by atoms with Crippen LogP contribution in [0.3, 0.4) is 0 Å². The lowest BCUT2D eigenvalue weighted by molar-refractivity contribution is 0.0925. The summed E-state index contributed by atoms with van der Waals surface area (Å²) >= 11 is 1.99. The van der Waals surface area contributed by atoms with Crippen LogP contribution in [0.2, 0.25) is 0 Å². The molecule has 1 aromatic carbocycles. The molecule has 1 atom stereocenters. The minimum atomic E-state index is 0.259. The Balaban J connectivity index is 2.11. The van der Waals surface area contributed by atoms with Crippen molar-refractivity contribution in [1.82, 2.24) is 4.90 Å². The topological polar surface area (TPSA) is 20.3 Å². The van der Waals surface area contributed by atoms with E-state index >= 15 is 0 Å². The normalized spacial score (nSPS) is 19.1. The Morgan fingerprint density at radius 2 is 1.95 bits per heavy atom. The Morgan fingerprint density at radius 1 is 1.32 bits per heavy atom. The van der Waals surface area contributed by atoms with Crippen molar-refractivity contribution in [2.75, 3.05) is 25.1 Å².